The van der Waals surface area contributed by atoms with Crippen molar-refractivity contribution < 1.29 is 18.3 Å². The molecule has 3 N–H and O–H groups in total. The Morgan fingerprint density at radius 3 is 2.64 bits per heavy atom. The van der Waals surface area contributed by atoms with Gasteiger partial charge in [-0.2, -0.15) is 0 Å². The smallest absolute Gasteiger partial charge is 0.337 e. The highest BCUT2D eigenvalue weighted by molar-refractivity contribution is 7.89. The zero-order chi connectivity index (χ0) is 16.3. The van der Waals surface area contributed by atoms with Gasteiger partial charge in [0, 0.05) is 17.8 Å². The van der Waals surface area contributed by atoms with Crippen molar-refractivity contribution in [1.82, 2.24) is 4.72 Å². The van der Waals surface area contributed by atoms with Crippen LogP contribution in [-0.4, -0.2) is 31.6 Å². The van der Waals surface area contributed by atoms with Crippen molar-refractivity contribution in [3.63, 3.8) is 0 Å². The van der Waals surface area contributed by atoms with Crippen molar-refractivity contribution in [2.75, 3.05) is 5.32 Å². The fourth-order valence-corrected chi connectivity index (χ4v) is 3.58. The first-order chi connectivity index (χ1) is 10.3. The summed E-state index contributed by atoms with van der Waals surface area (Å²) < 4.78 is 26.9. The predicted octanol–water partition coefficient (Wildman–Crippen LogP) is 2.43. The summed E-state index contributed by atoms with van der Waals surface area (Å²) >= 11 is 0. The van der Waals surface area contributed by atoms with Crippen molar-refractivity contribution in [2.45, 2.75) is 56.5 Å². The van der Waals surface area contributed by atoms with Crippen LogP contribution in [0.3, 0.4) is 0 Å². The average molecular weight is 326 g/mol. The number of hydrogen-bond donors (Lipinski definition) is 3. The first-order valence-corrected chi connectivity index (χ1v) is 8.98. The third kappa shape index (κ3) is 4.20. The van der Waals surface area contributed by atoms with E-state index in [-0.39, 0.29) is 22.5 Å². The summed E-state index contributed by atoms with van der Waals surface area (Å²) in [6.07, 6.45) is 3.55. The first-order valence-electron chi connectivity index (χ1n) is 7.49. The maximum absolute atomic E-state index is 12.2. The molecule has 0 unspecified atom stereocenters. The van der Waals surface area contributed by atoms with E-state index in [1.54, 1.807) is 0 Å². The average Bonchev–Trinajstić information content (AvgIpc) is 3.22. The van der Waals surface area contributed by atoms with Crippen LogP contribution < -0.4 is 10.0 Å². The van der Waals surface area contributed by atoms with Gasteiger partial charge in [0.15, 0.2) is 0 Å². The van der Waals surface area contributed by atoms with E-state index in [9.17, 15) is 18.3 Å². The summed E-state index contributed by atoms with van der Waals surface area (Å²) in [7, 11) is -3.65. The van der Waals surface area contributed by atoms with Crippen LogP contribution in [0, 0.1) is 0 Å². The second-order valence-corrected chi connectivity index (χ2v) is 7.46. The van der Waals surface area contributed by atoms with E-state index in [1.807, 2.05) is 6.92 Å². The Hall–Kier alpha value is -1.60. The SMILES string of the molecule is CCC[C@@H](C)Nc1ccc(S(=O)(=O)NC2CC2)cc1C(=O)O. The second-order valence-electron chi connectivity index (χ2n) is 5.74. The minimum atomic E-state index is -3.65. The summed E-state index contributed by atoms with van der Waals surface area (Å²) in [4.78, 5) is 11.4. The van der Waals surface area contributed by atoms with Crippen LogP contribution >= 0.6 is 0 Å². The minimum absolute atomic E-state index is 0.00880. The normalized spacial score (nSPS) is 16.3. The Bertz CT molecular complexity index is 654. The van der Waals surface area contributed by atoms with E-state index in [0.717, 1.165) is 25.7 Å². The first kappa shape index (κ1) is 16.8. The highest BCUT2D eigenvalue weighted by Crippen LogP contribution is 2.25. The molecule has 1 atom stereocenters. The van der Waals surface area contributed by atoms with E-state index >= 15 is 0 Å². The van der Waals surface area contributed by atoms with E-state index in [4.69, 9.17) is 0 Å². The van der Waals surface area contributed by atoms with Crippen LogP contribution in [0.4, 0.5) is 5.69 Å². The quantitative estimate of drug-likeness (QED) is 0.682. The van der Waals surface area contributed by atoms with Gasteiger partial charge in [-0.25, -0.2) is 17.9 Å². The van der Waals surface area contributed by atoms with Crippen molar-refractivity contribution in [2.24, 2.45) is 0 Å². The van der Waals surface area contributed by atoms with Crippen LogP contribution in [0.2, 0.25) is 0 Å². The molecule has 0 amide bonds. The van der Waals surface area contributed by atoms with E-state index in [1.165, 1.54) is 18.2 Å². The third-order valence-electron chi connectivity index (χ3n) is 3.55. The molecule has 0 aliphatic heterocycles. The molecule has 0 spiro atoms. The van der Waals surface area contributed by atoms with Gasteiger partial charge >= 0.3 is 5.97 Å². The Morgan fingerprint density at radius 1 is 1.41 bits per heavy atom. The fourth-order valence-electron chi connectivity index (χ4n) is 2.25. The molecule has 0 radical (unpaired) electrons. The lowest BCUT2D eigenvalue weighted by Crippen LogP contribution is -2.26. The zero-order valence-electron chi connectivity index (χ0n) is 12.8. The number of hydrogen-bond acceptors (Lipinski definition) is 4. The van der Waals surface area contributed by atoms with Gasteiger partial charge in [0.1, 0.15) is 0 Å². The summed E-state index contributed by atoms with van der Waals surface area (Å²) in [5, 5.41) is 12.5. The minimum Gasteiger partial charge on any atom is -0.478 e. The predicted molar refractivity (Wildman–Crippen MR) is 84.7 cm³/mol. The molecule has 22 heavy (non-hydrogen) atoms. The largest absolute Gasteiger partial charge is 0.478 e. The number of carboxylic acids is 1. The number of aromatic carboxylic acids is 1. The monoisotopic (exact) mass is 326 g/mol. The molecule has 1 aliphatic carbocycles. The van der Waals surface area contributed by atoms with Crippen LogP contribution in [0.1, 0.15) is 49.9 Å². The summed E-state index contributed by atoms with van der Waals surface area (Å²) in [5.74, 6) is -1.14. The zero-order valence-corrected chi connectivity index (χ0v) is 13.6. The standard InChI is InChI=1S/C15H22N2O4S/c1-3-4-10(2)16-14-8-7-12(9-13(14)15(18)19)22(20,21)17-11-5-6-11/h7-11,16-17H,3-6H2,1-2H3,(H,18,19)/t10-/m1/s1. The van der Waals surface area contributed by atoms with Gasteiger partial charge in [0.2, 0.25) is 10.0 Å². The molecule has 0 heterocycles. The molecule has 2 rings (SSSR count). The van der Waals surface area contributed by atoms with Gasteiger partial charge in [-0.05, 0) is 44.4 Å². The Kier molecular flexibility index (Phi) is 5.08. The van der Waals surface area contributed by atoms with Gasteiger partial charge in [-0.15, -0.1) is 0 Å². The molecule has 7 heteroatoms. The number of sulfonamides is 1. The van der Waals surface area contributed by atoms with Crippen molar-refractivity contribution in [3.8, 4) is 0 Å². The summed E-state index contributed by atoms with van der Waals surface area (Å²) in [5.41, 5.74) is 0.417. The number of benzene rings is 1. The third-order valence-corrected chi connectivity index (χ3v) is 5.07. The van der Waals surface area contributed by atoms with Gasteiger partial charge < -0.3 is 10.4 Å². The van der Waals surface area contributed by atoms with Crippen LogP contribution in [0.25, 0.3) is 0 Å². The Balaban J connectivity index is 2.28. The molecular formula is C15H22N2O4S. The number of anilines is 1. The van der Waals surface area contributed by atoms with Gasteiger partial charge in [0.25, 0.3) is 0 Å². The maximum Gasteiger partial charge on any atom is 0.337 e. The lowest BCUT2D eigenvalue weighted by Gasteiger charge is -2.17. The van der Waals surface area contributed by atoms with E-state index < -0.39 is 16.0 Å². The number of carboxylic acid groups (broad SMARTS) is 1. The van der Waals surface area contributed by atoms with E-state index in [2.05, 4.69) is 17.0 Å². The van der Waals surface area contributed by atoms with Crippen LogP contribution in [-0.2, 0) is 10.0 Å². The summed E-state index contributed by atoms with van der Waals surface area (Å²) in [6, 6.07) is 4.29. The van der Waals surface area contributed by atoms with Crippen molar-refractivity contribution >= 4 is 21.7 Å². The van der Waals surface area contributed by atoms with Gasteiger partial charge in [-0.1, -0.05) is 13.3 Å². The van der Waals surface area contributed by atoms with E-state index in [0.29, 0.717) is 5.69 Å². The number of rotatable bonds is 8. The topological polar surface area (TPSA) is 95.5 Å². The molecule has 1 aromatic rings. The molecule has 1 aromatic carbocycles. The highest BCUT2D eigenvalue weighted by Gasteiger charge is 2.28. The second kappa shape index (κ2) is 6.66. The molecule has 0 aromatic heterocycles. The number of nitrogens with one attached hydrogen (secondary N) is 2. The number of carbonyl (C=O) groups is 1. The maximum atomic E-state index is 12.2. The van der Waals surface area contributed by atoms with Crippen molar-refractivity contribution in [3.05, 3.63) is 23.8 Å². The molecule has 0 bridgehead atoms. The molecule has 0 saturated heterocycles. The molecule has 1 aliphatic rings. The molecular weight excluding hydrogens is 304 g/mol. The lowest BCUT2D eigenvalue weighted by atomic mass is 10.1. The molecule has 1 saturated carbocycles. The van der Waals surface area contributed by atoms with Crippen LogP contribution in [0.5, 0.6) is 0 Å². The fraction of sp³-hybridized carbons (Fsp3) is 0.533. The lowest BCUT2D eigenvalue weighted by molar-refractivity contribution is 0.0697. The summed E-state index contributed by atoms with van der Waals surface area (Å²) in [6.45, 7) is 4.02. The Morgan fingerprint density at radius 2 is 2.09 bits per heavy atom. The Labute approximate surface area is 131 Å². The van der Waals surface area contributed by atoms with Gasteiger partial charge in [0.05, 0.1) is 10.5 Å². The van der Waals surface area contributed by atoms with Crippen LogP contribution in [0.15, 0.2) is 23.1 Å². The molecule has 1 fully saturated rings. The highest BCUT2D eigenvalue weighted by atomic mass is 32.2. The van der Waals surface area contributed by atoms with Gasteiger partial charge in [-0.3, -0.25) is 0 Å². The molecule has 6 nitrogen and oxygen atoms in total. The van der Waals surface area contributed by atoms with Crippen molar-refractivity contribution in [1.29, 1.82) is 0 Å². The molecule has 122 valence electrons.